The lowest BCUT2D eigenvalue weighted by molar-refractivity contribution is -0.277. The second-order valence-corrected chi connectivity index (χ2v) is 9.39. The van der Waals surface area contributed by atoms with Gasteiger partial charge in [0, 0.05) is 17.1 Å². The number of hydrogen-bond donors (Lipinski definition) is 2. The largest absolute Gasteiger partial charge is 0.355 e. The van der Waals surface area contributed by atoms with Gasteiger partial charge in [-0.15, -0.1) is 0 Å². The van der Waals surface area contributed by atoms with Gasteiger partial charge in [0.2, 0.25) is 0 Å². The molecular formula is C19H36N2O4. The molecule has 3 aliphatic rings. The maximum atomic E-state index is 5.91. The molecule has 1 unspecified atom stereocenters. The molecule has 0 aliphatic carbocycles. The third-order valence-electron chi connectivity index (χ3n) is 5.64. The van der Waals surface area contributed by atoms with Crippen LogP contribution in [0, 0.1) is 5.41 Å². The summed E-state index contributed by atoms with van der Waals surface area (Å²) < 4.78 is 22.5. The van der Waals surface area contributed by atoms with Gasteiger partial charge < -0.3 is 29.6 Å². The Kier molecular flexibility index (Phi) is 6.08. The van der Waals surface area contributed by atoms with Crippen LogP contribution in [0.1, 0.15) is 53.4 Å². The summed E-state index contributed by atoms with van der Waals surface area (Å²) in [6, 6.07) is 0.567. The van der Waals surface area contributed by atoms with Crippen LogP contribution in [-0.4, -0.2) is 63.2 Å². The maximum absolute atomic E-state index is 5.91. The summed E-state index contributed by atoms with van der Waals surface area (Å²) in [5.41, 5.74) is 0.239. The molecule has 0 aromatic carbocycles. The van der Waals surface area contributed by atoms with Crippen molar-refractivity contribution in [2.75, 3.05) is 40.0 Å². The fourth-order valence-electron chi connectivity index (χ4n) is 4.95. The molecule has 0 amide bonds. The fraction of sp³-hybridized carbons (Fsp3) is 1.00. The zero-order chi connectivity index (χ0) is 18.0. The summed E-state index contributed by atoms with van der Waals surface area (Å²) in [6.45, 7) is 13.0. The lowest BCUT2D eigenvalue weighted by atomic mass is 9.79. The Balaban J connectivity index is 1.44. The summed E-state index contributed by atoms with van der Waals surface area (Å²) in [6.07, 6.45) is 4.59. The fourth-order valence-corrected chi connectivity index (χ4v) is 4.95. The summed E-state index contributed by atoms with van der Waals surface area (Å²) in [5.74, 6) is 0. The molecule has 0 bridgehead atoms. The molecule has 6 heteroatoms. The van der Waals surface area contributed by atoms with Crippen molar-refractivity contribution in [3.05, 3.63) is 0 Å². The van der Waals surface area contributed by atoms with Crippen LogP contribution < -0.4 is 10.6 Å². The van der Waals surface area contributed by atoms with Crippen LogP contribution in [0.3, 0.4) is 0 Å². The Morgan fingerprint density at radius 2 is 1.52 bits per heavy atom. The molecule has 3 heterocycles. The van der Waals surface area contributed by atoms with Crippen LogP contribution in [0.25, 0.3) is 0 Å². The van der Waals surface area contributed by atoms with E-state index in [2.05, 4.69) is 38.3 Å². The van der Waals surface area contributed by atoms with Crippen molar-refractivity contribution >= 4 is 0 Å². The monoisotopic (exact) mass is 356 g/mol. The third kappa shape index (κ3) is 5.15. The standard InChI is InChI=1S/C19H36N2O4/c1-17(2)8-15(9-18(3,4)21-17)20-7-5-6-16-19(12-24-14-25-16)10-22-13-23-11-19/h15-16,20-21H,5-14H2,1-4H3. The second kappa shape index (κ2) is 7.79. The molecule has 146 valence electrons. The average Bonchev–Trinajstić information content (AvgIpc) is 2.51. The molecule has 0 aromatic heterocycles. The van der Waals surface area contributed by atoms with Gasteiger partial charge in [-0.3, -0.25) is 0 Å². The molecule has 2 N–H and O–H groups in total. The van der Waals surface area contributed by atoms with E-state index in [1.54, 1.807) is 0 Å². The van der Waals surface area contributed by atoms with Crippen LogP contribution >= 0.6 is 0 Å². The number of rotatable bonds is 5. The lowest BCUT2D eigenvalue weighted by Crippen LogP contribution is -2.61. The van der Waals surface area contributed by atoms with Crippen molar-refractivity contribution < 1.29 is 18.9 Å². The first-order chi connectivity index (χ1) is 11.8. The highest BCUT2D eigenvalue weighted by atomic mass is 16.7. The molecule has 25 heavy (non-hydrogen) atoms. The van der Waals surface area contributed by atoms with Gasteiger partial charge in [-0.1, -0.05) is 0 Å². The molecule has 3 rings (SSSR count). The highest BCUT2D eigenvalue weighted by Crippen LogP contribution is 2.35. The van der Waals surface area contributed by atoms with Crippen molar-refractivity contribution in [1.29, 1.82) is 0 Å². The second-order valence-electron chi connectivity index (χ2n) is 9.39. The van der Waals surface area contributed by atoms with Gasteiger partial charge in [-0.25, -0.2) is 0 Å². The first-order valence-electron chi connectivity index (χ1n) is 9.68. The Hall–Kier alpha value is -0.240. The number of piperidine rings is 1. The van der Waals surface area contributed by atoms with Crippen LogP contribution in [0.2, 0.25) is 0 Å². The number of nitrogens with one attached hydrogen (secondary N) is 2. The van der Waals surface area contributed by atoms with E-state index in [9.17, 15) is 0 Å². The first kappa shape index (κ1) is 19.5. The Morgan fingerprint density at radius 3 is 2.16 bits per heavy atom. The van der Waals surface area contributed by atoms with E-state index in [4.69, 9.17) is 18.9 Å². The van der Waals surface area contributed by atoms with E-state index in [0.717, 1.165) is 32.2 Å². The average molecular weight is 357 g/mol. The van der Waals surface area contributed by atoms with Crippen LogP contribution in [0.15, 0.2) is 0 Å². The normalized spacial score (nSPS) is 31.9. The molecule has 3 aliphatic heterocycles. The Bertz CT molecular complexity index is 411. The van der Waals surface area contributed by atoms with E-state index >= 15 is 0 Å². The summed E-state index contributed by atoms with van der Waals surface area (Å²) in [7, 11) is 0. The highest BCUT2D eigenvalue weighted by Gasteiger charge is 2.45. The molecule has 3 saturated heterocycles. The van der Waals surface area contributed by atoms with Gasteiger partial charge in [0.05, 0.1) is 31.3 Å². The van der Waals surface area contributed by atoms with Gasteiger partial charge in [0.15, 0.2) is 0 Å². The molecule has 6 nitrogen and oxygen atoms in total. The van der Waals surface area contributed by atoms with Gasteiger partial charge >= 0.3 is 0 Å². The van der Waals surface area contributed by atoms with Crippen molar-refractivity contribution in [3.63, 3.8) is 0 Å². The zero-order valence-electron chi connectivity index (χ0n) is 16.4. The summed E-state index contributed by atoms with van der Waals surface area (Å²) >= 11 is 0. The first-order valence-corrected chi connectivity index (χ1v) is 9.68. The van der Waals surface area contributed by atoms with Gasteiger partial charge in [0.25, 0.3) is 0 Å². The lowest BCUT2D eigenvalue weighted by Gasteiger charge is -2.47. The zero-order valence-corrected chi connectivity index (χ0v) is 16.4. The predicted octanol–water partition coefficient (Wildman–Crippen LogP) is 2.03. The highest BCUT2D eigenvalue weighted by molar-refractivity contribution is 4.99. The van der Waals surface area contributed by atoms with Crippen LogP contribution in [-0.2, 0) is 18.9 Å². The molecular weight excluding hydrogens is 320 g/mol. The van der Waals surface area contributed by atoms with Crippen molar-refractivity contribution in [2.24, 2.45) is 5.41 Å². The van der Waals surface area contributed by atoms with E-state index in [1.165, 1.54) is 0 Å². The van der Waals surface area contributed by atoms with E-state index in [1.807, 2.05) is 0 Å². The molecule has 0 radical (unpaired) electrons. The van der Waals surface area contributed by atoms with Gasteiger partial charge in [-0.2, -0.15) is 0 Å². The molecule has 1 atom stereocenters. The van der Waals surface area contributed by atoms with Gasteiger partial charge in [0.1, 0.15) is 13.6 Å². The summed E-state index contributed by atoms with van der Waals surface area (Å²) in [5, 5.41) is 7.52. The quantitative estimate of drug-likeness (QED) is 0.735. The molecule has 1 spiro atoms. The summed E-state index contributed by atoms with van der Waals surface area (Å²) in [4.78, 5) is 0. The molecule has 3 fully saturated rings. The number of ether oxygens (including phenoxy) is 4. The predicted molar refractivity (Wildman–Crippen MR) is 96.4 cm³/mol. The van der Waals surface area contributed by atoms with Crippen molar-refractivity contribution in [2.45, 2.75) is 76.6 Å². The van der Waals surface area contributed by atoms with Crippen molar-refractivity contribution in [3.8, 4) is 0 Å². The minimum absolute atomic E-state index is 0.130. The van der Waals surface area contributed by atoms with Crippen molar-refractivity contribution in [1.82, 2.24) is 10.6 Å². The van der Waals surface area contributed by atoms with Crippen LogP contribution in [0.4, 0.5) is 0 Å². The van der Waals surface area contributed by atoms with E-state index < -0.39 is 0 Å². The van der Waals surface area contributed by atoms with Gasteiger partial charge in [-0.05, 0) is 59.9 Å². The Morgan fingerprint density at radius 1 is 0.920 bits per heavy atom. The smallest absolute Gasteiger partial charge is 0.147 e. The minimum Gasteiger partial charge on any atom is -0.355 e. The maximum Gasteiger partial charge on any atom is 0.147 e. The molecule has 0 aromatic rings. The Labute approximate surface area is 152 Å². The number of hydrogen-bond acceptors (Lipinski definition) is 6. The topological polar surface area (TPSA) is 61.0 Å². The molecule has 0 saturated carbocycles. The van der Waals surface area contributed by atoms with E-state index in [-0.39, 0.29) is 22.6 Å². The SMILES string of the molecule is CC1(C)CC(NCCCC2OCOCC23COCOC3)CC(C)(C)N1. The van der Waals surface area contributed by atoms with Crippen LogP contribution in [0.5, 0.6) is 0 Å². The third-order valence-corrected chi connectivity index (χ3v) is 5.64. The van der Waals surface area contributed by atoms with E-state index in [0.29, 0.717) is 39.4 Å². The minimum atomic E-state index is -0.130.